The van der Waals surface area contributed by atoms with Crippen LogP contribution in [0.25, 0.3) is 0 Å². The second-order valence-corrected chi connectivity index (χ2v) is 6.03. The van der Waals surface area contributed by atoms with Crippen molar-refractivity contribution >= 4 is 58.3 Å². The Morgan fingerprint density at radius 1 is 1.33 bits per heavy atom. The fraction of sp³-hybridized carbons (Fsp3) is 0.0769. The number of nitrogens with one attached hydrogen (secondary N) is 1. The molecular formula is C13H9Cl3N2O2S. The maximum absolute atomic E-state index is 11.6. The number of hydrogen-bond donors (Lipinski definition) is 1. The van der Waals surface area contributed by atoms with E-state index in [2.05, 4.69) is 10.5 Å². The molecule has 0 unspecified atom stereocenters. The molecule has 1 amide bonds. The van der Waals surface area contributed by atoms with Crippen LogP contribution in [-0.2, 0) is 4.79 Å². The van der Waals surface area contributed by atoms with Crippen molar-refractivity contribution in [2.75, 3.05) is 6.61 Å². The zero-order valence-corrected chi connectivity index (χ0v) is 13.6. The zero-order valence-electron chi connectivity index (χ0n) is 10.5. The minimum Gasteiger partial charge on any atom is -0.481 e. The van der Waals surface area contributed by atoms with Gasteiger partial charge in [-0.3, -0.25) is 4.79 Å². The summed E-state index contributed by atoms with van der Waals surface area (Å²) in [5.41, 5.74) is 2.34. The average Bonchev–Trinajstić information content (AvgIpc) is 2.90. The number of nitrogens with zero attached hydrogens (tertiary/aromatic N) is 1. The van der Waals surface area contributed by atoms with E-state index in [0.29, 0.717) is 5.02 Å². The van der Waals surface area contributed by atoms with Gasteiger partial charge in [0, 0.05) is 9.90 Å². The van der Waals surface area contributed by atoms with Gasteiger partial charge in [-0.05, 0) is 23.6 Å². The summed E-state index contributed by atoms with van der Waals surface area (Å²) in [5, 5.41) is 6.59. The number of halogens is 3. The van der Waals surface area contributed by atoms with Crippen LogP contribution in [0.2, 0.25) is 15.1 Å². The number of benzene rings is 1. The number of thiophene rings is 1. The van der Waals surface area contributed by atoms with Crippen LogP contribution in [0.1, 0.15) is 4.88 Å². The molecule has 8 heteroatoms. The van der Waals surface area contributed by atoms with Crippen LogP contribution in [-0.4, -0.2) is 18.7 Å². The largest absolute Gasteiger partial charge is 0.481 e. The molecule has 1 N–H and O–H groups in total. The molecule has 21 heavy (non-hydrogen) atoms. The quantitative estimate of drug-likeness (QED) is 0.638. The number of carbonyl (C=O) groups is 1. The first-order valence-electron chi connectivity index (χ1n) is 5.69. The normalized spacial score (nSPS) is 10.8. The van der Waals surface area contributed by atoms with E-state index < -0.39 is 5.91 Å². The second kappa shape index (κ2) is 7.66. The van der Waals surface area contributed by atoms with Gasteiger partial charge in [-0.25, -0.2) is 5.43 Å². The molecule has 1 aromatic carbocycles. The van der Waals surface area contributed by atoms with Crippen molar-refractivity contribution in [3.8, 4) is 5.75 Å². The van der Waals surface area contributed by atoms with Gasteiger partial charge in [-0.15, -0.1) is 11.3 Å². The van der Waals surface area contributed by atoms with E-state index in [9.17, 15) is 4.79 Å². The Hall–Kier alpha value is -1.27. The van der Waals surface area contributed by atoms with E-state index >= 15 is 0 Å². The van der Waals surface area contributed by atoms with Crippen molar-refractivity contribution in [1.82, 2.24) is 5.43 Å². The van der Waals surface area contributed by atoms with Crippen LogP contribution < -0.4 is 10.2 Å². The molecule has 2 aromatic rings. The lowest BCUT2D eigenvalue weighted by atomic mass is 10.3. The number of hydrazone groups is 1. The SMILES string of the molecule is O=C(COc1c(Cl)cc(Cl)cc1Cl)NN=Cc1cccs1. The Bertz CT molecular complexity index is 636. The third-order valence-electron chi connectivity index (χ3n) is 2.23. The zero-order chi connectivity index (χ0) is 15.2. The highest BCUT2D eigenvalue weighted by molar-refractivity contribution is 7.11. The standard InChI is InChI=1S/C13H9Cl3N2O2S/c14-8-4-10(15)13(11(16)5-8)20-7-12(19)18-17-6-9-2-1-3-21-9/h1-6H,7H2,(H,18,19). The Morgan fingerprint density at radius 2 is 2.05 bits per heavy atom. The van der Waals surface area contributed by atoms with E-state index in [1.807, 2.05) is 17.5 Å². The van der Waals surface area contributed by atoms with E-state index in [-0.39, 0.29) is 22.4 Å². The third kappa shape index (κ3) is 4.89. The van der Waals surface area contributed by atoms with Crippen molar-refractivity contribution in [3.63, 3.8) is 0 Å². The maximum atomic E-state index is 11.6. The number of carbonyl (C=O) groups excluding carboxylic acids is 1. The summed E-state index contributed by atoms with van der Waals surface area (Å²) >= 11 is 19.2. The lowest BCUT2D eigenvalue weighted by molar-refractivity contribution is -0.123. The molecule has 0 atom stereocenters. The summed E-state index contributed by atoms with van der Waals surface area (Å²) < 4.78 is 5.27. The van der Waals surface area contributed by atoms with Crippen LogP contribution in [0.4, 0.5) is 0 Å². The van der Waals surface area contributed by atoms with Gasteiger partial charge in [0.1, 0.15) is 0 Å². The fourth-order valence-corrected chi connectivity index (χ4v) is 2.88. The predicted octanol–water partition coefficient (Wildman–Crippen LogP) is 4.24. The van der Waals surface area contributed by atoms with Gasteiger partial charge in [0.05, 0.1) is 16.3 Å². The molecule has 0 aliphatic rings. The predicted molar refractivity (Wildman–Crippen MR) is 87.0 cm³/mol. The lowest BCUT2D eigenvalue weighted by Crippen LogP contribution is -2.24. The lowest BCUT2D eigenvalue weighted by Gasteiger charge is -2.09. The highest BCUT2D eigenvalue weighted by Crippen LogP contribution is 2.35. The van der Waals surface area contributed by atoms with Crippen molar-refractivity contribution in [2.24, 2.45) is 5.10 Å². The molecule has 110 valence electrons. The Morgan fingerprint density at radius 3 is 2.67 bits per heavy atom. The molecule has 0 radical (unpaired) electrons. The molecule has 0 aliphatic heterocycles. The van der Waals surface area contributed by atoms with Gasteiger partial charge < -0.3 is 4.74 Å². The van der Waals surface area contributed by atoms with Crippen LogP contribution in [0, 0.1) is 0 Å². The molecule has 0 saturated heterocycles. The van der Waals surface area contributed by atoms with Crippen LogP contribution in [0.15, 0.2) is 34.7 Å². The minimum absolute atomic E-state index is 0.208. The summed E-state index contributed by atoms with van der Waals surface area (Å²) in [6.07, 6.45) is 1.55. The Labute approximate surface area is 140 Å². The smallest absolute Gasteiger partial charge is 0.277 e. The van der Waals surface area contributed by atoms with E-state index in [4.69, 9.17) is 39.5 Å². The molecule has 0 fully saturated rings. The minimum atomic E-state index is -0.426. The van der Waals surface area contributed by atoms with Crippen LogP contribution in [0.3, 0.4) is 0 Å². The number of hydrogen-bond acceptors (Lipinski definition) is 4. The molecule has 1 heterocycles. The summed E-state index contributed by atoms with van der Waals surface area (Å²) in [7, 11) is 0. The fourth-order valence-electron chi connectivity index (χ4n) is 1.37. The second-order valence-electron chi connectivity index (χ2n) is 3.80. The topological polar surface area (TPSA) is 50.7 Å². The van der Waals surface area contributed by atoms with E-state index in [1.165, 1.54) is 23.5 Å². The Balaban J connectivity index is 1.87. The summed E-state index contributed by atoms with van der Waals surface area (Å²) in [4.78, 5) is 12.5. The Kier molecular flexibility index (Phi) is 5.87. The molecule has 0 spiro atoms. The van der Waals surface area contributed by atoms with Gasteiger partial charge in [-0.2, -0.15) is 5.10 Å². The molecule has 0 bridgehead atoms. The first kappa shape index (κ1) is 16.1. The van der Waals surface area contributed by atoms with Gasteiger partial charge in [0.25, 0.3) is 5.91 Å². The van der Waals surface area contributed by atoms with Crippen molar-refractivity contribution in [3.05, 3.63) is 49.6 Å². The van der Waals surface area contributed by atoms with E-state index in [1.54, 1.807) is 6.21 Å². The monoisotopic (exact) mass is 362 g/mol. The molecular weight excluding hydrogens is 355 g/mol. The van der Waals surface area contributed by atoms with Crippen LogP contribution in [0.5, 0.6) is 5.75 Å². The molecule has 1 aromatic heterocycles. The first-order chi connectivity index (χ1) is 10.1. The third-order valence-corrected chi connectivity index (χ3v) is 3.82. The molecule has 4 nitrogen and oxygen atoms in total. The molecule has 2 rings (SSSR count). The van der Waals surface area contributed by atoms with Crippen LogP contribution >= 0.6 is 46.1 Å². The number of amides is 1. The van der Waals surface area contributed by atoms with E-state index in [0.717, 1.165) is 4.88 Å². The molecule has 0 aliphatic carbocycles. The van der Waals surface area contributed by atoms with Crippen molar-refractivity contribution in [1.29, 1.82) is 0 Å². The molecule has 0 saturated carbocycles. The summed E-state index contributed by atoms with van der Waals surface area (Å²) in [6, 6.07) is 6.74. The average molecular weight is 364 g/mol. The van der Waals surface area contributed by atoms with Gasteiger partial charge in [0.2, 0.25) is 0 Å². The highest BCUT2D eigenvalue weighted by Gasteiger charge is 2.11. The number of ether oxygens (including phenoxy) is 1. The summed E-state index contributed by atoms with van der Waals surface area (Å²) in [5.74, 6) is -0.218. The van der Waals surface area contributed by atoms with Gasteiger partial charge >= 0.3 is 0 Å². The maximum Gasteiger partial charge on any atom is 0.277 e. The van der Waals surface area contributed by atoms with Gasteiger partial charge in [-0.1, -0.05) is 40.9 Å². The highest BCUT2D eigenvalue weighted by atomic mass is 35.5. The van der Waals surface area contributed by atoms with Gasteiger partial charge in [0.15, 0.2) is 12.4 Å². The number of rotatable bonds is 5. The van der Waals surface area contributed by atoms with Crippen molar-refractivity contribution in [2.45, 2.75) is 0 Å². The van der Waals surface area contributed by atoms with Crippen molar-refractivity contribution < 1.29 is 9.53 Å². The summed E-state index contributed by atoms with van der Waals surface area (Å²) in [6.45, 7) is -0.261. The first-order valence-corrected chi connectivity index (χ1v) is 7.70.